The number of hydrogen-bond acceptors (Lipinski definition) is 4. The van der Waals surface area contributed by atoms with E-state index in [2.05, 4.69) is 5.32 Å². The second-order valence-corrected chi connectivity index (χ2v) is 10.7. The summed E-state index contributed by atoms with van der Waals surface area (Å²) in [6.07, 6.45) is 5.99. The molecule has 1 aliphatic rings. The minimum atomic E-state index is -3.97. The molecule has 1 aliphatic carbocycles. The highest BCUT2D eigenvalue weighted by atomic mass is 32.2. The van der Waals surface area contributed by atoms with Gasteiger partial charge in [-0.05, 0) is 37.5 Å². The molecule has 1 atom stereocenters. The molecule has 0 aliphatic heterocycles. The maximum atomic E-state index is 14.4. The number of nitrogens with zero attached hydrogens (tertiary/aromatic N) is 2. The fourth-order valence-electron chi connectivity index (χ4n) is 4.18. The molecule has 0 radical (unpaired) electrons. The van der Waals surface area contributed by atoms with Crippen LogP contribution in [0.1, 0.15) is 44.6 Å². The van der Waals surface area contributed by atoms with Crippen LogP contribution in [0.2, 0.25) is 0 Å². The van der Waals surface area contributed by atoms with Gasteiger partial charge in [0.2, 0.25) is 21.8 Å². The van der Waals surface area contributed by atoms with E-state index < -0.39 is 34.3 Å². The van der Waals surface area contributed by atoms with Crippen molar-refractivity contribution in [3.8, 4) is 0 Å². The maximum Gasteiger partial charge on any atom is 0.244 e. The van der Waals surface area contributed by atoms with Crippen LogP contribution in [0.15, 0.2) is 54.6 Å². The molecular formula is C25H32FN3O4S. The second-order valence-electron chi connectivity index (χ2n) is 8.75. The first-order chi connectivity index (χ1) is 16.2. The Morgan fingerprint density at radius 3 is 2.26 bits per heavy atom. The van der Waals surface area contributed by atoms with E-state index in [9.17, 15) is 22.4 Å². The molecule has 0 saturated heterocycles. The maximum absolute atomic E-state index is 14.4. The lowest BCUT2D eigenvalue weighted by Gasteiger charge is -2.33. The van der Waals surface area contributed by atoms with Gasteiger partial charge in [0.25, 0.3) is 0 Å². The van der Waals surface area contributed by atoms with Gasteiger partial charge >= 0.3 is 0 Å². The number of amides is 2. The summed E-state index contributed by atoms with van der Waals surface area (Å²) < 4.78 is 40.1. The minimum Gasteiger partial charge on any atom is -0.352 e. The SMILES string of the molecule is C[C@@H](C(=O)NC1CCCCC1)N(Cc1ccccc1)C(=O)CN(c1ccccc1F)S(C)(=O)=O. The van der Waals surface area contributed by atoms with Crippen molar-refractivity contribution in [2.24, 2.45) is 0 Å². The summed E-state index contributed by atoms with van der Waals surface area (Å²) in [6.45, 7) is 1.13. The molecule has 3 rings (SSSR count). The number of benzene rings is 2. The van der Waals surface area contributed by atoms with Crippen LogP contribution in [0.25, 0.3) is 0 Å². The highest BCUT2D eigenvalue weighted by Gasteiger charge is 2.31. The molecule has 0 bridgehead atoms. The molecule has 2 amide bonds. The number of hydrogen-bond donors (Lipinski definition) is 1. The molecule has 2 aromatic rings. The van der Waals surface area contributed by atoms with Gasteiger partial charge < -0.3 is 10.2 Å². The number of anilines is 1. The molecule has 0 spiro atoms. The summed E-state index contributed by atoms with van der Waals surface area (Å²) in [5, 5.41) is 3.04. The number of sulfonamides is 1. The average Bonchev–Trinajstić information content (AvgIpc) is 2.81. The Hall–Kier alpha value is -2.94. The van der Waals surface area contributed by atoms with Crippen molar-refractivity contribution in [2.75, 3.05) is 17.1 Å². The third kappa shape index (κ3) is 6.79. The molecule has 0 heterocycles. The van der Waals surface area contributed by atoms with Gasteiger partial charge in [0.1, 0.15) is 18.4 Å². The quantitative estimate of drug-likeness (QED) is 0.585. The van der Waals surface area contributed by atoms with E-state index in [1.165, 1.54) is 23.1 Å². The molecule has 1 saturated carbocycles. The fourth-order valence-corrected chi connectivity index (χ4v) is 5.03. The normalized spacial score (nSPS) is 15.4. The molecular weight excluding hydrogens is 457 g/mol. The van der Waals surface area contributed by atoms with Crippen LogP contribution in [0, 0.1) is 5.82 Å². The smallest absolute Gasteiger partial charge is 0.244 e. The molecule has 0 unspecified atom stereocenters. The van der Waals surface area contributed by atoms with Crippen LogP contribution in [0.4, 0.5) is 10.1 Å². The molecule has 7 nitrogen and oxygen atoms in total. The van der Waals surface area contributed by atoms with Crippen molar-refractivity contribution in [2.45, 2.75) is 57.7 Å². The Kier molecular flexibility index (Phi) is 8.66. The van der Waals surface area contributed by atoms with Gasteiger partial charge in [0.15, 0.2) is 0 Å². The van der Waals surface area contributed by atoms with E-state index in [0.717, 1.165) is 54.3 Å². The molecule has 1 fully saturated rings. The van der Waals surface area contributed by atoms with E-state index in [1.807, 2.05) is 30.3 Å². The molecule has 0 aromatic heterocycles. The lowest BCUT2D eigenvalue weighted by molar-refractivity contribution is -0.139. The van der Waals surface area contributed by atoms with E-state index >= 15 is 0 Å². The zero-order valence-corrected chi connectivity index (χ0v) is 20.4. The van der Waals surface area contributed by atoms with Crippen molar-refractivity contribution >= 4 is 27.5 Å². The van der Waals surface area contributed by atoms with E-state index in [1.54, 1.807) is 6.92 Å². The van der Waals surface area contributed by atoms with Crippen molar-refractivity contribution in [1.29, 1.82) is 0 Å². The summed E-state index contributed by atoms with van der Waals surface area (Å²) in [4.78, 5) is 27.9. The standard InChI is InChI=1S/C25H32FN3O4S/c1-19(25(31)27-21-13-7-4-8-14-21)28(17-20-11-5-3-6-12-20)24(30)18-29(34(2,32)33)23-16-10-9-15-22(23)26/h3,5-6,9-12,15-16,19,21H,4,7-8,13-14,17-18H2,1-2H3,(H,27,31)/t19-/m0/s1. The number of para-hydroxylation sites is 1. The monoisotopic (exact) mass is 489 g/mol. The first-order valence-electron chi connectivity index (χ1n) is 11.5. The number of rotatable bonds is 9. The molecule has 1 N–H and O–H groups in total. The Balaban J connectivity index is 1.85. The highest BCUT2D eigenvalue weighted by molar-refractivity contribution is 7.92. The molecule has 184 valence electrons. The minimum absolute atomic E-state index is 0.0725. The van der Waals surface area contributed by atoms with Crippen LogP contribution in [-0.4, -0.2) is 50.0 Å². The number of halogens is 1. The summed E-state index contributed by atoms with van der Waals surface area (Å²) in [5.74, 6) is -1.63. The van der Waals surface area contributed by atoms with Gasteiger partial charge in [-0.1, -0.05) is 61.7 Å². The van der Waals surface area contributed by atoms with Crippen LogP contribution >= 0.6 is 0 Å². The van der Waals surface area contributed by atoms with Crippen LogP contribution < -0.4 is 9.62 Å². The lowest BCUT2D eigenvalue weighted by Crippen LogP contribution is -2.53. The third-order valence-electron chi connectivity index (χ3n) is 6.11. The largest absolute Gasteiger partial charge is 0.352 e. The molecule has 9 heteroatoms. The summed E-state index contributed by atoms with van der Waals surface area (Å²) in [5.41, 5.74) is 0.585. The van der Waals surface area contributed by atoms with Gasteiger partial charge in [-0.2, -0.15) is 0 Å². The number of carbonyl (C=O) groups is 2. The van der Waals surface area contributed by atoms with Crippen molar-refractivity contribution < 1.29 is 22.4 Å². The van der Waals surface area contributed by atoms with E-state index in [0.29, 0.717) is 0 Å². The molecule has 2 aromatic carbocycles. The van der Waals surface area contributed by atoms with Gasteiger partial charge in [-0.3, -0.25) is 13.9 Å². The number of carbonyl (C=O) groups excluding carboxylic acids is 2. The lowest BCUT2D eigenvalue weighted by atomic mass is 9.95. The van der Waals surface area contributed by atoms with Crippen LogP contribution in [0.3, 0.4) is 0 Å². The summed E-state index contributed by atoms with van der Waals surface area (Å²) >= 11 is 0. The Morgan fingerprint density at radius 2 is 1.65 bits per heavy atom. The van der Waals surface area contributed by atoms with E-state index in [-0.39, 0.29) is 24.2 Å². The van der Waals surface area contributed by atoms with Crippen LogP contribution in [0.5, 0.6) is 0 Å². The molecule has 34 heavy (non-hydrogen) atoms. The van der Waals surface area contributed by atoms with Crippen molar-refractivity contribution in [3.05, 3.63) is 66.0 Å². The fraction of sp³-hybridized carbons (Fsp3) is 0.440. The van der Waals surface area contributed by atoms with Crippen molar-refractivity contribution in [3.63, 3.8) is 0 Å². The van der Waals surface area contributed by atoms with E-state index in [4.69, 9.17) is 0 Å². The summed E-state index contributed by atoms with van der Waals surface area (Å²) in [6, 6.07) is 13.8. The topological polar surface area (TPSA) is 86.8 Å². The average molecular weight is 490 g/mol. The second kappa shape index (κ2) is 11.5. The van der Waals surface area contributed by atoms with Gasteiger partial charge in [-0.25, -0.2) is 12.8 Å². The highest BCUT2D eigenvalue weighted by Crippen LogP contribution is 2.22. The zero-order chi connectivity index (χ0) is 24.7. The zero-order valence-electron chi connectivity index (χ0n) is 19.6. The Labute approximate surface area is 201 Å². The Morgan fingerprint density at radius 1 is 1.03 bits per heavy atom. The first kappa shape index (κ1) is 25.7. The van der Waals surface area contributed by atoms with Gasteiger partial charge in [0, 0.05) is 12.6 Å². The van der Waals surface area contributed by atoms with Gasteiger partial charge in [0.05, 0.1) is 11.9 Å². The Bertz CT molecular complexity index is 1090. The van der Waals surface area contributed by atoms with Crippen LogP contribution in [-0.2, 0) is 26.2 Å². The third-order valence-corrected chi connectivity index (χ3v) is 7.24. The predicted molar refractivity (Wildman–Crippen MR) is 130 cm³/mol. The van der Waals surface area contributed by atoms with Crippen molar-refractivity contribution in [1.82, 2.24) is 10.2 Å². The predicted octanol–water partition coefficient (Wildman–Crippen LogP) is 3.46. The number of nitrogens with one attached hydrogen (secondary N) is 1. The summed E-state index contributed by atoms with van der Waals surface area (Å²) in [7, 11) is -3.97. The first-order valence-corrected chi connectivity index (χ1v) is 13.4. The van der Waals surface area contributed by atoms with Gasteiger partial charge in [-0.15, -0.1) is 0 Å².